The molecule has 19 heavy (non-hydrogen) atoms. The molecule has 0 amide bonds. The quantitative estimate of drug-likeness (QED) is 0.819. The number of hydrogen-bond acceptors (Lipinski definition) is 3. The van der Waals surface area contributed by atoms with Crippen molar-refractivity contribution in [2.24, 2.45) is 11.3 Å². The minimum atomic E-state index is 0.292. The van der Waals surface area contributed by atoms with Crippen LogP contribution in [0, 0.1) is 11.3 Å². The van der Waals surface area contributed by atoms with Crippen molar-refractivity contribution in [2.45, 2.75) is 76.6 Å². The Kier molecular flexibility index (Phi) is 3.89. The zero-order valence-corrected chi connectivity index (χ0v) is 12.7. The van der Waals surface area contributed by atoms with E-state index in [0.717, 1.165) is 18.5 Å². The highest BCUT2D eigenvalue weighted by Crippen LogP contribution is 2.42. The third-order valence-electron chi connectivity index (χ3n) is 6.02. The molecule has 0 bridgehead atoms. The van der Waals surface area contributed by atoms with Crippen LogP contribution in [0.3, 0.4) is 0 Å². The van der Waals surface area contributed by atoms with Crippen molar-refractivity contribution < 1.29 is 4.74 Å². The van der Waals surface area contributed by atoms with Crippen molar-refractivity contribution in [3.63, 3.8) is 0 Å². The van der Waals surface area contributed by atoms with Gasteiger partial charge in [0.05, 0.1) is 6.10 Å². The molecular formula is C16H30N2O. The Bertz CT molecular complexity index is 304. The van der Waals surface area contributed by atoms with Crippen molar-refractivity contribution in [1.29, 1.82) is 0 Å². The monoisotopic (exact) mass is 266 g/mol. The maximum atomic E-state index is 5.53. The van der Waals surface area contributed by atoms with Crippen molar-refractivity contribution in [1.82, 2.24) is 10.6 Å². The van der Waals surface area contributed by atoms with E-state index in [0.29, 0.717) is 23.6 Å². The van der Waals surface area contributed by atoms with Crippen LogP contribution in [0.4, 0.5) is 0 Å². The largest absolute Gasteiger partial charge is 0.381 e. The fraction of sp³-hybridized carbons (Fsp3) is 1.00. The predicted octanol–water partition coefficient (Wildman–Crippen LogP) is 2.31. The van der Waals surface area contributed by atoms with Gasteiger partial charge in [0.15, 0.2) is 0 Å². The maximum absolute atomic E-state index is 5.53. The van der Waals surface area contributed by atoms with E-state index >= 15 is 0 Å². The van der Waals surface area contributed by atoms with E-state index in [2.05, 4.69) is 24.5 Å². The summed E-state index contributed by atoms with van der Waals surface area (Å²) in [4.78, 5) is 0. The Hall–Kier alpha value is -0.120. The highest BCUT2D eigenvalue weighted by Gasteiger charge is 2.48. The van der Waals surface area contributed by atoms with E-state index in [4.69, 9.17) is 4.74 Å². The molecule has 2 N–H and O–H groups in total. The molecule has 5 atom stereocenters. The molecule has 3 heteroatoms. The number of ether oxygens (including phenoxy) is 1. The van der Waals surface area contributed by atoms with Gasteiger partial charge in [-0.3, -0.25) is 0 Å². The molecule has 0 aromatic rings. The van der Waals surface area contributed by atoms with Crippen LogP contribution in [0.2, 0.25) is 0 Å². The molecule has 3 rings (SSSR count). The first kappa shape index (κ1) is 13.8. The normalized spacial score (nSPS) is 44.7. The topological polar surface area (TPSA) is 33.3 Å². The standard InChI is InChI=1S/C16H30N2O/c1-16(2)14(9-15(16)19-3)17-10-12-8-11-6-4-5-7-13(11)18-12/h11-15,17-18H,4-10H2,1-3H3. The molecule has 0 spiro atoms. The van der Waals surface area contributed by atoms with Gasteiger partial charge in [0.2, 0.25) is 0 Å². The lowest BCUT2D eigenvalue weighted by molar-refractivity contribution is -0.0976. The molecule has 1 heterocycles. The molecule has 2 aliphatic carbocycles. The molecule has 110 valence electrons. The van der Waals surface area contributed by atoms with Crippen LogP contribution in [-0.4, -0.2) is 37.9 Å². The van der Waals surface area contributed by atoms with Gasteiger partial charge in [-0.2, -0.15) is 0 Å². The molecule has 3 nitrogen and oxygen atoms in total. The van der Waals surface area contributed by atoms with E-state index in [1.807, 2.05) is 7.11 Å². The molecule has 2 saturated carbocycles. The average molecular weight is 266 g/mol. The number of rotatable bonds is 4. The SMILES string of the molecule is COC1CC(NCC2CC3CCCCC3N2)C1(C)C. The van der Waals surface area contributed by atoms with Crippen LogP contribution >= 0.6 is 0 Å². The summed E-state index contributed by atoms with van der Waals surface area (Å²) < 4.78 is 5.53. The van der Waals surface area contributed by atoms with Gasteiger partial charge >= 0.3 is 0 Å². The molecular weight excluding hydrogens is 236 g/mol. The Morgan fingerprint density at radius 3 is 2.68 bits per heavy atom. The number of fused-ring (bicyclic) bond motifs is 1. The molecule has 0 radical (unpaired) electrons. The van der Waals surface area contributed by atoms with E-state index < -0.39 is 0 Å². The summed E-state index contributed by atoms with van der Waals surface area (Å²) in [6, 6.07) is 2.15. The molecule has 3 aliphatic rings. The van der Waals surface area contributed by atoms with Crippen molar-refractivity contribution in [2.75, 3.05) is 13.7 Å². The second-order valence-electron chi connectivity index (χ2n) is 7.49. The molecule has 3 fully saturated rings. The van der Waals surface area contributed by atoms with Crippen LogP contribution in [0.25, 0.3) is 0 Å². The average Bonchev–Trinajstić information content (AvgIpc) is 2.80. The predicted molar refractivity (Wildman–Crippen MR) is 78.3 cm³/mol. The summed E-state index contributed by atoms with van der Waals surface area (Å²) >= 11 is 0. The second kappa shape index (κ2) is 5.34. The Morgan fingerprint density at radius 2 is 2.00 bits per heavy atom. The summed E-state index contributed by atoms with van der Waals surface area (Å²) in [5, 5.41) is 7.64. The van der Waals surface area contributed by atoms with Gasteiger partial charge in [0.1, 0.15) is 0 Å². The lowest BCUT2D eigenvalue weighted by Crippen LogP contribution is -2.61. The first-order chi connectivity index (χ1) is 9.11. The lowest BCUT2D eigenvalue weighted by atomic mass is 9.64. The van der Waals surface area contributed by atoms with Crippen LogP contribution in [-0.2, 0) is 4.74 Å². The minimum Gasteiger partial charge on any atom is -0.381 e. The minimum absolute atomic E-state index is 0.292. The van der Waals surface area contributed by atoms with E-state index in [9.17, 15) is 0 Å². The summed E-state index contributed by atoms with van der Waals surface area (Å²) in [7, 11) is 1.84. The van der Waals surface area contributed by atoms with E-state index in [1.165, 1.54) is 38.5 Å². The van der Waals surface area contributed by atoms with Gasteiger partial charge in [-0.15, -0.1) is 0 Å². The van der Waals surface area contributed by atoms with Gasteiger partial charge in [-0.25, -0.2) is 0 Å². The molecule has 1 saturated heterocycles. The fourth-order valence-electron chi connectivity index (χ4n) is 4.50. The summed E-state index contributed by atoms with van der Waals surface area (Å²) in [6.45, 7) is 5.78. The zero-order valence-electron chi connectivity index (χ0n) is 12.7. The number of hydrogen-bond donors (Lipinski definition) is 2. The van der Waals surface area contributed by atoms with Gasteiger partial charge in [-0.05, 0) is 31.6 Å². The molecule has 0 aromatic carbocycles. The smallest absolute Gasteiger partial charge is 0.0652 e. The first-order valence-electron chi connectivity index (χ1n) is 8.13. The van der Waals surface area contributed by atoms with Crippen LogP contribution < -0.4 is 10.6 Å². The fourth-order valence-corrected chi connectivity index (χ4v) is 4.50. The van der Waals surface area contributed by atoms with Crippen LogP contribution in [0.1, 0.15) is 52.4 Å². The number of methoxy groups -OCH3 is 1. The van der Waals surface area contributed by atoms with Crippen LogP contribution in [0.15, 0.2) is 0 Å². The van der Waals surface area contributed by atoms with Gasteiger partial charge < -0.3 is 15.4 Å². The third kappa shape index (κ3) is 2.57. The molecule has 0 aromatic heterocycles. The summed E-state index contributed by atoms with van der Waals surface area (Å²) in [5.74, 6) is 0.960. The highest BCUT2D eigenvalue weighted by molar-refractivity contribution is 5.03. The van der Waals surface area contributed by atoms with Crippen molar-refractivity contribution in [3.05, 3.63) is 0 Å². The van der Waals surface area contributed by atoms with Crippen molar-refractivity contribution >= 4 is 0 Å². The summed E-state index contributed by atoms with van der Waals surface area (Å²) in [6.07, 6.45) is 8.73. The third-order valence-corrected chi connectivity index (χ3v) is 6.02. The Balaban J connectivity index is 1.44. The number of nitrogens with one attached hydrogen (secondary N) is 2. The Labute approximate surface area is 117 Å². The lowest BCUT2D eigenvalue weighted by Gasteiger charge is -2.51. The maximum Gasteiger partial charge on any atom is 0.0652 e. The highest BCUT2D eigenvalue weighted by atomic mass is 16.5. The first-order valence-corrected chi connectivity index (χ1v) is 8.13. The van der Waals surface area contributed by atoms with E-state index in [1.54, 1.807) is 0 Å². The van der Waals surface area contributed by atoms with Gasteiger partial charge in [0, 0.05) is 37.2 Å². The van der Waals surface area contributed by atoms with Gasteiger partial charge in [0.25, 0.3) is 0 Å². The van der Waals surface area contributed by atoms with E-state index in [-0.39, 0.29) is 0 Å². The second-order valence-corrected chi connectivity index (χ2v) is 7.49. The summed E-state index contributed by atoms with van der Waals surface area (Å²) in [5.41, 5.74) is 0.292. The molecule has 5 unspecified atom stereocenters. The van der Waals surface area contributed by atoms with Crippen molar-refractivity contribution in [3.8, 4) is 0 Å². The van der Waals surface area contributed by atoms with Gasteiger partial charge in [-0.1, -0.05) is 26.7 Å². The zero-order chi connectivity index (χ0) is 13.5. The van der Waals surface area contributed by atoms with Crippen LogP contribution in [0.5, 0.6) is 0 Å². The Morgan fingerprint density at radius 1 is 1.21 bits per heavy atom. The molecule has 1 aliphatic heterocycles.